The summed E-state index contributed by atoms with van der Waals surface area (Å²) in [5, 5.41) is 0. The second-order valence-corrected chi connectivity index (χ2v) is 7.95. The molecular formula is C23H25N5. The van der Waals surface area contributed by atoms with Crippen molar-refractivity contribution in [3.8, 4) is 11.3 Å². The summed E-state index contributed by atoms with van der Waals surface area (Å²) in [7, 11) is 0. The molecule has 0 saturated carbocycles. The maximum absolute atomic E-state index is 4.96. The first-order valence-corrected chi connectivity index (χ1v) is 10.1. The molecule has 5 rings (SSSR count). The SMILES string of the molecule is CC1=Cc2c(ncnc2N2CCC(c3nc(-c4ccccc4)c(C)[nH]3)CC2)C1. The molecule has 2 aromatic heterocycles. The number of allylic oxidation sites excluding steroid dienone is 1. The molecule has 3 heterocycles. The van der Waals surface area contributed by atoms with Crippen molar-refractivity contribution in [2.45, 2.75) is 39.0 Å². The Morgan fingerprint density at radius 2 is 1.82 bits per heavy atom. The van der Waals surface area contributed by atoms with Gasteiger partial charge in [-0.25, -0.2) is 15.0 Å². The molecule has 0 spiro atoms. The van der Waals surface area contributed by atoms with Crippen molar-refractivity contribution in [2.24, 2.45) is 0 Å². The summed E-state index contributed by atoms with van der Waals surface area (Å²) in [5.74, 6) is 2.69. The van der Waals surface area contributed by atoms with Crippen LogP contribution < -0.4 is 4.90 Å². The number of aromatic amines is 1. The van der Waals surface area contributed by atoms with Crippen molar-refractivity contribution in [2.75, 3.05) is 18.0 Å². The number of hydrogen-bond donors (Lipinski definition) is 1. The maximum Gasteiger partial charge on any atom is 0.139 e. The van der Waals surface area contributed by atoms with E-state index < -0.39 is 0 Å². The number of anilines is 1. The van der Waals surface area contributed by atoms with Crippen molar-refractivity contribution >= 4 is 11.9 Å². The molecule has 3 aromatic rings. The summed E-state index contributed by atoms with van der Waals surface area (Å²) in [6, 6.07) is 10.4. The second kappa shape index (κ2) is 6.89. The van der Waals surface area contributed by atoms with E-state index in [0.29, 0.717) is 5.92 Å². The van der Waals surface area contributed by atoms with Crippen LogP contribution in [0.3, 0.4) is 0 Å². The van der Waals surface area contributed by atoms with Gasteiger partial charge in [-0.1, -0.05) is 42.0 Å². The van der Waals surface area contributed by atoms with E-state index >= 15 is 0 Å². The first-order chi connectivity index (χ1) is 13.7. The highest BCUT2D eigenvalue weighted by atomic mass is 15.2. The highest BCUT2D eigenvalue weighted by Crippen LogP contribution is 2.35. The third kappa shape index (κ3) is 3.01. The number of hydrogen-bond acceptors (Lipinski definition) is 4. The van der Waals surface area contributed by atoms with Crippen LogP contribution >= 0.6 is 0 Å². The standard InChI is InChI=1S/C23H25N5/c1-15-12-19-20(13-15)24-14-25-23(19)28-10-8-18(9-11-28)22-26-16(2)21(27-22)17-6-4-3-5-7-17/h3-7,12,14,18H,8-11,13H2,1-2H3,(H,26,27). The molecule has 28 heavy (non-hydrogen) atoms. The predicted octanol–water partition coefficient (Wildman–Crippen LogP) is 4.52. The molecule has 0 atom stereocenters. The van der Waals surface area contributed by atoms with Crippen molar-refractivity contribution < 1.29 is 0 Å². The summed E-state index contributed by atoms with van der Waals surface area (Å²) >= 11 is 0. The minimum Gasteiger partial charge on any atom is -0.356 e. The van der Waals surface area contributed by atoms with Crippen LogP contribution in [0.2, 0.25) is 0 Å². The fourth-order valence-corrected chi connectivity index (χ4v) is 4.44. The van der Waals surface area contributed by atoms with E-state index in [4.69, 9.17) is 4.98 Å². The number of nitrogens with zero attached hydrogens (tertiary/aromatic N) is 4. The third-order valence-electron chi connectivity index (χ3n) is 5.91. The Morgan fingerprint density at radius 3 is 2.61 bits per heavy atom. The monoisotopic (exact) mass is 371 g/mol. The van der Waals surface area contributed by atoms with Crippen LogP contribution in [0.15, 0.2) is 42.2 Å². The first-order valence-electron chi connectivity index (χ1n) is 10.1. The number of aryl methyl sites for hydroxylation is 1. The third-order valence-corrected chi connectivity index (χ3v) is 5.91. The van der Waals surface area contributed by atoms with Crippen molar-refractivity contribution in [3.63, 3.8) is 0 Å². The molecule has 5 heteroatoms. The molecule has 142 valence electrons. The van der Waals surface area contributed by atoms with Gasteiger partial charge in [0.2, 0.25) is 0 Å². The van der Waals surface area contributed by atoms with E-state index in [-0.39, 0.29) is 0 Å². The molecule has 1 aliphatic heterocycles. The van der Waals surface area contributed by atoms with Crippen LogP contribution in [0.5, 0.6) is 0 Å². The number of fused-ring (bicyclic) bond motifs is 1. The zero-order valence-corrected chi connectivity index (χ0v) is 16.4. The van der Waals surface area contributed by atoms with Gasteiger partial charge in [0.05, 0.1) is 11.4 Å². The molecule has 1 N–H and O–H groups in total. The summed E-state index contributed by atoms with van der Waals surface area (Å²) in [5.41, 5.74) is 7.16. The lowest BCUT2D eigenvalue weighted by molar-refractivity contribution is 0.486. The van der Waals surface area contributed by atoms with Gasteiger partial charge in [0.15, 0.2) is 0 Å². The number of benzene rings is 1. The molecule has 1 aliphatic carbocycles. The van der Waals surface area contributed by atoms with Crippen molar-refractivity contribution in [1.29, 1.82) is 0 Å². The topological polar surface area (TPSA) is 57.7 Å². The van der Waals surface area contributed by atoms with Crippen LogP contribution in [0.25, 0.3) is 17.3 Å². The summed E-state index contributed by atoms with van der Waals surface area (Å²) in [4.78, 5) is 20.0. The molecule has 0 bridgehead atoms. The Hall–Kier alpha value is -2.95. The minimum atomic E-state index is 0.472. The Kier molecular flexibility index (Phi) is 4.23. The fourth-order valence-electron chi connectivity index (χ4n) is 4.44. The van der Waals surface area contributed by atoms with E-state index in [1.165, 1.54) is 22.4 Å². The van der Waals surface area contributed by atoms with Gasteiger partial charge < -0.3 is 9.88 Å². The Morgan fingerprint density at radius 1 is 1.04 bits per heavy atom. The number of rotatable bonds is 3. The van der Waals surface area contributed by atoms with Crippen molar-refractivity contribution in [1.82, 2.24) is 19.9 Å². The van der Waals surface area contributed by atoms with Gasteiger partial charge >= 0.3 is 0 Å². The van der Waals surface area contributed by atoms with Gasteiger partial charge in [0.25, 0.3) is 0 Å². The Bertz CT molecular complexity index is 1030. The van der Waals surface area contributed by atoms with Gasteiger partial charge in [0.1, 0.15) is 18.0 Å². The number of imidazole rings is 1. The summed E-state index contributed by atoms with van der Waals surface area (Å²) in [6.07, 6.45) is 7.09. The largest absolute Gasteiger partial charge is 0.356 e. The zero-order chi connectivity index (χ0) is 19.1. The van der Waals surface area contributed by atoms with E-state index in [0.717, 1.165) is 55.4 Å². The van der Waals surface area contributed by atoms with Gasteiger partial charge in [0, 0.05) is 42.2 Å². The van der Waals surface area contributed by atoms with Crippen LogP contribution in [0.1, 0.15) is 48.5 Å². The van der Waals surface area contributed by atoms with Crippen LogP contribution in [0, 0.1) is 6.92 Å². The average Bonchev–Trinajstić information content (AvgIpc) is 3.30. The predicted molar refractivity (Wildman–Crippen MR) is 112 cm³/mol. The van der Waals surface area contributed by atoms with Gasteiger partial charge in [-0.2, -0.15) is 0 Å². The number of H-pyrrole nitrogens is 1. The zero-order valence-electron chi connectivity index (χ0n) is 16.4. The van der Waals surface area contributed by atoms with E-state index in [1.807, 2.05) is 6.07 Å². The lowest BCUT2D eigenvalue weighted by Gasteiger charge is -2.32. The minimum absolute atomic E-state index is 0.472. The Balaban J connectivity index is 1.33. The highest BCUT2D eigenvalue weighted by Gasteiger charge is 2.27. The molecule has 2 aliphatic rings. The van der Waals surface area contributed by atoms with Gasteiger partial charge in [-0.3, -0.25) is 0 Å². The highest BCUT2D eigenvalue weighted by molar-refractivity contribution is 5.71. The smallest absolute Gasteiger partial charge is 0.139 e. The molecule has 1 aromatic carbocycles. The lowest BCUT2D eigenvalue weighted by Crippen LogP contribution is -2.34. The van der Waals surface area contributed by atoms with Crippen LogP contribution in [-0.2, 0) is 6.42 Å². The van der Waals surface area contributed by atoms with Gasteiger partial charge in [-0.05, 0) is 26.7 Å². The normalized spacial score (nSPS) is 16.9. The van der Waals surface area contributed by atoms with E-state index in [2.05, 4.69) is 64.0 Å². The molecule has 0 amide bonds. The molecule has 0 unspecified atom stereocenters. The number of piperidine rings is 1. The lowest BCUT2D eigenvalue weighted by atomic mass is 9.96. The molecule has 0 radical (unpaired) electrons. The van der Waals surface area contributed by atoms with E-state index in [1.54, 1.807) is 6.33 Å². The second-order valence-electron chi connectivity index (χ2n) is 7.95. The molecule has 1 saturated heterocycles. The fraction of sp³-hybridized carbons (Fsp3) is 0.348. The summed E-state index contributed by atoms with van der Waals surface area (Å²) < 4.78 is 0. The Labute approximate surface area is 165 Å². The molecule has 1 fully saturated rings. The number of aromatic nitrogens is 4. The van der Waals surface area contributed by atoms with Gasteiger partial charge in [-0.15, -0.1) is 0 Å². The average molecular weight is 371 g/mol. The maximum atomic E-state index is 4.96. The van der Waals surface area contributed by atoms with Crippen LogP contribution in [-0.4, -0.2) is 33.0 Å². The van der Waals surface area contributed by atoms with Crippen LogP contribution in [0.4, 0.5) is 5.82 Å². The molecule has 5 nitrogen and oxygen atoms in total. The van der Waals surface area contributed by atoms with Crippen molar-refractivity contribution in [3.05, 3.63) is 65.0 Å². The first kappa shape index (κ1) is 17.2. The summed E-state index contributed by atoms with van der Waals surface area (Å²) in [6.45, 7) is 6.29. The number of nitrogens with one attached hydrogen (secondary N) is 1. The molecular weight excluding hydrogens is 346 g/mol. The quantitative estimate of drug-likeness (QED) is 0.735. The van der Waals surface area contributed by atoms with E-state index in [9.17, 15) is 0 Å².